The van der Waals surface area contributed by atoms with Crippen LogP contribution in [0.4, 0.5) is 0 Å². The number of aromatic nitrogens is 2. The second-order valence-electron chi connectivity index (χ2n) is 10.5. The van der Waals surface area contributed by atoms with Gasteiger partial charge in [0, 0.05) is 23.7 Å². The third-order valence-electron chi connectivity index (χ3n) is 7.55. The van der Waals surface area contributed by atoms with E-state index in [4.69, 9.17) is 21.4 Å². The van der Waals surface area contributed by atoms with E-state index in [-0.39, 0.29) is 0 Å². The minimum absolute atomic E-state index is 0.311. The van der Waals surface area contributed by atoms with Gasteiger partial charge in [-0.15, -0.1) is 11.3 Å². The van der Waals surface area contributed by atoms with Crippen LogP contribution < -0.4 is 4.74 Å². The van der Waals surface area contributed by atoms with Gasteiger partial charge in [-0.25, -0.2) is 13.1 Å². The van der Waals surface area contributed by atoms with Crippen LogP contribution in [0.2, 0.25) is 5.02 Å². The Morgan fingerprint density at radius 1 is 0.976 bits per heavy atom. The first kappa shape index (κ1) is 28.7. The van der Waals surface area contributed by atoms with Crippen LogP contribution in [0.15, 0.2) is 95.9 Å². The lowest BCUT2D eigenvalue weighted by atomic mass is 10.0. The van der Waals surface area contributed by atoms with E-state index in [1.165, 1.54) is 11.8 Å². The smallest absolute Gasteiger partial charge is 0.175 e. The lowest BCUT2D eigenvalue weighted by Gasteiger charge is -2.24. The maximum atomic E-state index is 12.1. The van der Waals surface area contributed by atoms with Gasteiger partial charge in [-0.1, -0.05) is 48.0 Å². The molecule has 1 fully saturated rings. The summed E-state index contributed by atoms with van der Waals surface area (Å²) in [5.41, 5.74) is 4.90. The normalized spacial score (nSPS) is 15.7. The summed E-state index contributed by atoms with van der Waals surface area (Å²) in [5.74, 6) is 0.896. The van der Waals surface area contributed by atoms with E-state index in [9.17, 15) is 8.42 Å². The van der Waals surface area contributed by atoms with Crippen molar-refractivity contribution in [1.82, 2.24) is 14.7 Å². The largest absolute Gasteiger partial charge is 0.494 e. The molecule has 0 amide bonds. The molecule has 1 saturated heterocycles. The molecule has 3 aromatic carbocycles. The third kappa shape index (κ3) is 6.03. The molecular formula is C33H32ClN3O3S2. The first-order valence-electron chi connectivity index (χ1n) is 14.0. The van der Waals surface area contributed by atoms with E-state index in [1.807, 2.05) is 48.0 Å². The summed E-state index contributed by atoms with van der Waals surface area (Å²) in [6.45, 7) is 4.38. The second kappa shape index (κ2) is 12.1. The van der Waals surface area contributed by atoms with Gasteiger partial charge in [-0.3, -0.25) is 4.90 Å². The van der Waals surface area contributed by atoms with Crippen molar-refractivity contribution in [2.45, 2.75) is 37.2 Å². The molecule has 0 radical (unpaired) electrons. The molecule has 6 rings (SSSR count). The molecule has 0 N–H and O–H groups in total. The Bertz CT molecular complexity index is 1810. The summed E-state index contributed by atoms with van der Waals surface area (Å²) in [7, 11) is -3.30. The molecule has 9 heteroatoms. The number of benzene rings is 3. The van der Waals surface area contributed by atoms with Crippen molar-refractivity contribution in [2.24, 2.45) is 0 Å². The summed E-state index contributed by atoms with van der Waals surface area (Å²) in [6, 6.07) is 29.9. The predicted molar refractivity (Wildman–Crippen MR) is 170 cm³/mol. The molecule has 5 aromatic rings. The first-order valence-corrected chi connectivity index (χ1v) is 17.1. The highest BCUT2D eigenvalue weighted by Gasteiger charge is 2.27. The zero-order valence-electron chi connectivity index (χ0n) is 23.5. The molecule has 1 unspecified atom stereocenters. The number of likely N-dealkylation sites (tertiary alicyclic amines) is 1. The Labute approximate surface area is 256 Å². The van der Waals surface area contributed by atoms with E-state index >= 15 is 0 Å². The Hall–Kier alpha value is -3.43. The summed E-state index contributed by atoms with van der Waals surface area (Å²) in [4.78, 5) is 4.82. The maximum absolute atomic E-state index is 12.1. The number of thiophene rings is 1. The van der Waals surface area contributed by atoms with Gasteiger partial charge in [0.1, 0.15) is 5.75 Å². The fraction of sp³-hybridized carbons (Fsp3) is 0.242. The molecule has 0 aliphatic carbocycles. The quantitative estimate of drug-likeness (QED) is 0.167. The molecule has 3 heterocycles. The van der Waals surface area contributed by atoms with E-state index in [1.54, 1.807) is 29.5 Å². The molecular weight excluding hydrogens is 586 g/mol. The summed E-state index contributed by atoms with van der Waals surface area (Å²) >= 11 is 8.27. The van der Waals surface area contributed by atoms with Crippen LogP contribution in [0.25, 0.3) is 26.7 Å². The fourth-order valence-corrected chi connectivity index (χ4v) is 7.44. The topological polar surface area (TPSA) is 64.4 Å². The van der Waals surface area contributed by atoms with Crippen LogP contribution in [0, 0.1) is 0 Å². The lowest BCUT2D eigenvalue weighted by molar-refractivity contribution is 0.245. The van der Waals surface area contributed by atoms with Crippen LogP contribution in [0.3, 0.4) is 0 Å². The minimum atomic E-state index is -3.30. The summed E-state index contributed by atoms with van der Waals surface area (Å²) < 4.78 is 31.9. The molecule has 1 atom stereocenters. The van der Waals surface area contributed by atoms with E-state index in [2.05, 4.69) is 41.3 Å². The van der Waals surface area contributed by atoms with Crippen molar-refractivity contribution in [3.05, 3.63) is 107 Å². The van der Waals surface area contributed by atoms with Crippen LogP contribution in [0.5, 0.6) is 5.75 Å². The van der Waals surface area contributed by atoms with Gasteiger partial charge in [0.25, 0.3) is 0 Å². The van der Waals surface area contributed by atoms with Crippen molar-refractivity contribution in [3.8, 4) is 32.4 Å². The lowest BCUT2D eigenvalue weighted by Crippen LogP contribution is -2.23. The molecule has 0 saturated carbocycles. The Kier molecular flexibility index (Phi) is 8.23. The van der Waals surface area contributed by atoms with Gasteiger partial charge in [0.15, 0.2) is 9.84 Å². The zero-order chi connectivity index (χ0) is 29.3. The Morgan fingerprint density at radius 3 is 2.52 bits per heavy atom. The molecule has 42 heavy (non-hydrogen) atoms. The minimum Gasteiger partial charge on any atom is -0.494 e. The van der Waals surface area contributed by atoms with Gasteiger partial charge < -0.3 is 4.74 Å². The number of nitrogens with zero attached hydrogens (tertiary/aromatic N) is 3. The van der Waals surface area contributed by atoms with Crippen molar-refractivity contribution >= 4 is 32.8 Å². The summed E-state index contributed by atoms with van der Waals surface area (Å²) in [5, 5.41) is 5.70. The molecule has 0 spiro atoms. The van der Waals surface area contributed by atoms with Crippen LogP contribution in [-0.2, 0) is 16.4 Å². The average molecular weight is 618 g/mol. The maximum Gasteiger partial charge on any atom is 0.175 e. The highest BCUT2D eigenvalue weighted by Crippen LogP contribution is 2.39. The molecule has 6 nitrogen and oxygen atoms in total. The number of rotatable bonds is 9. The Balaban J connectivity index is 1.33. The number of halogens is 1. The Morgan fingerprint density at radius 2 is 1.76 bits per heavy atom. The second-order valence-corrected chi connectivity index (χ2v) is 14.0. The number of hydrogen-bond donors (Lipinski definition) is 0. The number of hydrogen-bond acceptors (Lipinski definition) is 6. The zero-order valence-corrected chi connectivity index (χ0v) is 25.9. The van der Waals surface area contributed by atoms with Crippen LogP contribution in [0.1, 0.15) is 37.1 Å². The highest BCUT2D eigenvalue weighted by molar-refractivity contribution is 7.90. The summed E-state index contributed by atoms with van der Waals surface area (Å²) in [6.07, 6.45) is 3.47. The molecule has 2 aromatic heterocycles. The third-order valence-corrected chi connectivity index (χ3v) is 10.1. The van der Waals surface area contributed by atoms with E-state index < -0.39 is 9.84 Å². The van der Waals surface area contributed by atoms with Crippen molar-refractivity contribution in [3.63, 3.8) is 0 Å². The van der Waals surface area contributed by atoms with Crippen molar-refractivity contribution in [2.75, 3.05) is 19.4 Å². The standard InChI is InChI=1S/C33H32ClN3O3S2/c1-3-40-26-15-13-23(14-16-26)29-12-7-19-36(29)22-25-21-31(37(35-25)30-11-5-4-10-28(30)34)33-18-17-32(41-33)24-8-6-9-27(20-24)42(2,38)39/h4-6,8-11,13-18,20-21,29H,3,7,12,19,22H2,1-2H3. The van der Waals surface area contributed by atoms with Gasteiger partial charge in [0.05, 0.1) is 38.5 Å². The van der Waals surface area contributed by atoms with Gasteiger partial charge >= 0.3 is 0 Å². The van der Waals surface area contributed by atoms with E-state index in [0.29, 0.717) is 22.6 Å². The van der Waals surface area contributed by atoms with Crippen molar-refractivity contribution in [1.29, 1.82) is 0 Å². The predicted octanol–water partition coefficient (Wildman–Crippen LogP) is 8.06. The number of ether oxygens (including phenoxy) is 1. The van der Waals surface area contributed by atoms with Gasteiger partial charge in [-0.05, 0) is 92.0 Å². The van der Waals surface area contributed by atoms with E-state index in [0.717, 1.165) is 64.1 Å². The molecule has 1 aliphatic heterocycles. The SMILES string of the molecule is CCOc1ccc(C2CCCN2Cc2cc(-c3ccc(-c4cccc(S(C)(=O)=O)c4)s3)n(-c3ccccc3Cl)n2)cc1. The monoisotopic (exact) mass is 617 g/mol. The average Bonchev–Trinajstić information content (AvgIpc) is 3.74. The van der Waals surface area contributed by atoms with Crippen LogP contribution in [-0.4, -0.2) is 42.5 Å². The van der Waals surface area contributed by atoms with Gasteiger partial charge in [-0.2, -0.15) is 5.10 Å². The van der Waals surface area contributed by atoms with Gasteiger partial charge in [0.2, 0.25) is 0 Å². The number of sulfone groups is 1. The van der Waals surface area contributed by atoms with Crippen LogP contribution >= 0.6 is 22.9 Å². The van der Waals surface area contributed by atoms with Crippen molar-refractivity contribution < 1.29 is 13.2 Å². The molecule has 216 valence electrons. The molecule has 0 bridgehead atoms. The number of para-hydroxylation sites is 1. The fourth-order valence-electron chi connectivity index (χ4n) is 5.55. The highest BCUT2D eigenvalue weighted by atomic mass is 35.5. The first-order chi connectivity index (χ1) is 20.3. The molecule has 1 aliphatic rings.